The third-order valence-electron chi connectivity index (χ3n) is 4.44. The Balaban J connectivity index is 1.77. The normalized spacial score (nSPS) is 17.7. The average Bonchev–Trinajstić information content (AvgIpc) is 2.88. The van der Waals surface area contributed by atoms with Crippen LogP contribution >= 0.6 is 0 Å². The first-order valence-corrected chi connectivity index (χ1v) is 8.53. The summed E-state index contributed by atoms with van der Waals surface area (Å²) < 4.78 is 10.4. The van der Waals surface area contributed by atoms with Gasteiger partial charge in [0.1, 0.15) is 5.75 Å². The molecule has 1 aliphatic rings. The highest BCUT2D eigenvalue weighted by Gasteiger charge is 2.24. The van der Waals surface area contributed by atoms with Gasteiger partial charge in [0, 0.05) is 18.2 Å². The van der Waals surface area contributed by atoms with Gasteiger partial charge in [-0.25, -0.2) is 4.79 Å². The van der Waals surface area contributed by atoms with Crippen molar-refractivity contribution in [1.82, 2.24) is 10.5 Å². The first-order valence-electron chi connectivity index (χ1n) is 8.53. The Bertz CT molecular complexity index is 704. The molecule has 7 nitrogen and oxygen atoms in total. The van der Waals surface area contributed by atoms with E-state index in [0.717, 1.165) is 13.0 Å². The second-order valence-corrected chi connectivity index (χ2v) is 6.15. The van der Waals surface area contributed by atoms with Crippen LogP contribution in [-0.2, 0) is 0 Å². The maximum Gasteiger partial charge on any atom is 0.343 e. The number of aromatic nitrogens is 1. The lowest BCUT2D eigenvalue weighted by Crippen LogP contribution is -2.34. The zero-order valence-electron chi connectivity index (χ0n) is 14.2. The molecule has 1 fully saturated rings. The Kier molecular flexibility index (Phi) is 5.55. The standard InChI is InChI=1S/C18H23N3O4/c1-24-14-8-6-12(7-9-14)16-15(18(22)23)17(21-25-16)20-11-13-5-3-2-4-10-19-13/h6-9,13,19H,2-5,10-11H2,1H3,(H,20,21)(H,22,23). The lowest BCUT2D eigenvalue weighted by Gasteiger charge is -2.16. The van der Waals surface area contributed by atoms with Crippen LogP contribution in [0.25, 0.3) is 11.3 Å². The minimum Gasteiger partial charge on any atom is -0.497 e. The summed E-state index contributed by atoms with van der Waals surface area (Å²) in [4.78, 5) is 11.7. The van der Waals surface area contributed by atoms with Gasteiger partial charge in [-0.3, -0.25) is 0 Å². The van der Waals surface area contributed by atoms with Crippen LogP contribution in [0.1, 0.15) is 36.0 Å². The van der Waals surface area contributed by atoms with Crippen LogP contribution in [0.5, 0.6) is 5.75 Å². The minimum absolute atomic E-state index is 0.0544. The predicted molar refractivity (Wildman–Crippen MR) is 94.2 cm³/mol. The van der Waals surface area contributed by atoms with Crippen LogP contribution in [-0.4, -0.2) is 42.5 Å². The topological polar surface area (TPSA) is 96.6 Å². The Labute approximate surface area is 146 Å². The van der Waals surface area contributed by atoms with Crippen LogP contribution in [0.15, 0.2) is 28.8 Å². The molecule has 1 aliphatic heterocycles. The highest BCUT2D eigenvalue weighted by molar-refractivity contribution is 5.99. The van der Waals surface area contributed by atoms with Crippen molar-refractivity contribution in [1.29, 1.82) is 0 Å². The molecule has 1 saturated heterocycles. The zero-order valence-corrected chi connectivity index (χ0v) is 14.2. The van der Waals surface area contributed by atoms with E-state index < -0.39 is 5.97 Å². The smallest absolute Gasteiger partial charge is 0.343 e. The fourth-order valence-corrected chi connectivity index (χ4v) is 3.04. The molecule has 1 unspecified atom stereocenters. The lowest BCUT2D eigenvalue weighted by atomic mass is 10.1. The highest BCUT2D eigenvalue weighted by atomic mass is 16.5. The molecule has 0 bridgehead atoms. The summed E-state index contributed by atoms with van der Waals surface area (Å²) in [6.07, 6.45) is 4.66. The SMILES string of the molecule is COc1ccc(-c2onc(NCC3CCCCCN3)c2C(=O)O)cc1. The number of hydrogen-bond donors (Lipinski definition) is 3. The van der Waals surface area contributed by atoms with E-state index in [-0.39, 0.29) is 17.1 Å². The highest BCUT2D eigenvalue weighted by Crippen LogP contribution is 2.30. The van der Waals surface area contributed by atoms with Crippen molar-refractivity contribution < 1.29 is 19.2 Å². The number of nitrogens with one attached hydrogen (secondary N) is 2. The maximum atomic E-state index is 11.7. The van der Waals surface area contributed by atoms with Gasteiger partial charge in [0.25, 0.3) is 0 Å². The molecular weight excluding hydrogens is 322 g/mol. The molecule has 0 saturated carbocycles. The summed E-state index contributed by atoms with van der Waals surface area (Å²) in [5.74, 6) is 0.136. The van der Waals surface area contributed by atoms with E-state index in [4.69, 9.17) is 9.26 Å². The molecule has 0 aliphatic carbocycles. The molecule has 0 spiro atoms. The molecule has 7 heteroatoms. The molecule has 134 valence electrons. The van der Waals surface area contributed by atoms with Gasteiger partial charge < -0.3 is 25.0 Å². The first kappa shape index (κ1) is 17.3. The number of methoxy groups -OCH3 is 1. The van der Waals surface area contributed by atoms with E-state index in [9.17, 15) is 9.90 Å². The fraction of sp³-hybridized carbons (Fsp3) is 0.444. The summed E-state index contributed by atoms with van der Waals surface area (Å²) in [6.45, 7) is 1.61. The van der Waals surface area contributed by atoms with Crippen molar-refractivity contribution in [3.63, 3.8) is 0 Å². The number of carbonyl (C=O) groups is 1. The average molecular weight is 345 g/mol. The summed E-state index contributed by atoms with van der Waals surface area (Å²) in [5, 5.41) is 20.1. The largest absolute Gasteiger partial charge is 0.497 e. The van der Waals surface area contributed by atoms with Gasteiger partial charge in [-0.1, -0.05) is 18.0 Å². The quantitative estimate of drug-likeness (QED) is 0.740. The van der Waals surface area contributed by atoms with Gasteiger partial charge in [-0.05, 0) is 43.7 Å². The number of nitrogens with zero attached hydrogens (tertiary/aromatic N) is 1. The van der Waals surface area contributed by atoms with Crippen molar-refractivity contribution >= 4 is 11.8 Å². The van der Waals surface area contributed by atoms with E-state index in [0.29, 0.717) is 23.9 Å². The van der Waals surface area contributed by atoms with Crippen molar-refractivity contribution in [2.45, 2.75) is 31.7 Å². The molecule has 3 rings (SSSR count). The third-order valence-corrected chi connectivity index (χ3v) is 4.44. The number of ether oxygens (including phenoxy) is 1. The van der Waals surface area contributed by atoms with Crippen LogP contribution in [0.2, 0.25) is 0 Å². The second-order valence-electron chi connectivity index (χ2n) is 6.15. The summed E-state index contributed by atoms with van der Waals surface area (Å²) in [5.41, 5.74) is 0.699. The van der Waals surface area contributed by atoms with Crippen molar-refractivity contribution in [3.05, 3.63) is 29.8 Å². The third kappa shape index (κ3) is 4.11. The second kappa shape index (κ2) is 8.02. The molecule has 0 amide bonds. The van der Waals surface area contributed by atoms with Crippen LogP contribution in [0, 0.1) is 0 Å². The van der Waals surface area contributed by atoms with Crippen molar-refractivity contribution in [2.24, 2.45) is 0 Å². The van der Waals surface area contributed by atoms with Crippen molar-refractivity contribution in [2.75, 3.05) is 25.5 Å². The molecule has 2 aromatic rings. The monoisotopic (exact) mass is 345 g/mol. The van der Waals surface area contributed by atoms with E-state index >= 15 is 0 Å². The molecule has 1 aromatic heterocycles. The lowest BCUT2D eigenvalue weighted by molar-refractivity contribution is 0.0698. The Hall–Kier alpha value is -2.54. The molecular formula is C18H23N3O4. The van der Waals surface area contributed by atoms with Gasteiger partial charge in [-0.15, -0.1) is 0 Å². The molecule has 0 radical (unpaired) electrons. The number of benzene rings is 1. The van der Waals surface area contributed by atoms with Gasteiger partial charge >= 0.3 is 5.97 Å². The van der Waals surface area contributed by atoms with E-state index in [1.54, 1.807) is 31.4 Å². The molecule has 2 heterocycles. The minimum atomic E-state index is -1.07. The van der Waals surface area contributed by atoms with Gasteiger partial charge in [-0.2, -0.15) is 0 Å². The van der Waals surface area contributed by atoms with Gasteiger partial charge in [0.2, 0.25) is 0 Å². The maximum absolute atomic E-state index is 11.7. The number of rotatable bonds is 6. The first-order chi connectivity index (χ1) is 12.2. The molecule has 1 atom stereocenters. The zero-order chi connectivity index (χ0) is 17.6. The Morgan fingerprint density at radius 2 is 2.16 bits per heavy atom. The number of carboxylic acids is 1. The number of aromatic carboxylic acids is 1. The van der Waals surface area contributed by atoms with Gasteiger partial charge in [0.05, 0.1) is 7.11 Å². The Morgan fingerprint density at radius 1 is 1.36 bits per heavy atom. The number of hydrogen-bond acceptors (Lipinski definition) is 6. The summed E-state index contributed by atoms with van der Waals surface area (Å²) >= 11 is 0. The number of carboxylic acid groups (broad SMARTS) is 1. The number of anilines is 1. The van der Waals surface area contributed by atoms with Crippen LogP contribution in [0.4, 0.5) is 5.82 Å². The van der Waals surface area contributed by atoms with E-state index in [2.05, 4.69) is 15.8 Å². The van der Waals surface area contributed by atoms with E-state index in [1.807, 2.05) is 0 Å². The summed E-state index contributed by atoms with van der Waals surface area (Å²) in [7, 11) is 1.58. The fourth-order valence-electron chi connectivity index (χ4n) is 3.04. The van der Waals surface area contributed by atoms with Gasteiger partial charge in [0.15, 0.2) is 17.1 Å². The summed E-state index contributed by atoms with van der Waals surface area (Å²) in [6, 6.07) is 7.33. The van der Waals surface area contributed by atoms with Crippen molar-refractivity contribution in [3.8, 4) is 17.1 Å². The van der Waals surface area contributed by atoms with Crippen LogP contribution < -0.4 is 15.4 Å². The molecule has 1 aromatic carbocycles. The molecule has 3 N–H and O–H groups in total. The predicted octanol–water partition coefficient (Wildman–Crippen LogP) is 2.99. The molecule has 25 heavy (non-hydrogen) atoms. The van der Waals surface area contributed by atoms with Crippen LogP contribution in [0.3, 0.4) is 0 Å². The van der Waals surface area contributed by atoms with E-state index in [1.165, 1.54) is 19.3 Å². The Morgan fingerprint density at radius 3 is 2.88 bits per heavy atom.